The molecular formula is C23H28F2N5O3. The lowest BCUT2D eigenvalue weighted by atomic mass is 10.1. The highest BCUT2D eigenvalue weighted by atomic mass is 19.3. The van der Waals surface area contributed by atoms with Crippen molar-refractivity contribution in [3.05, 3.63) is 53.3 Å². The minimum absolute atomic E-state index is 0.0283. The number of nitrogens with one attached hydrogen (secondary N) is 2. The summed E-state index contributed by atoms with van der Waals surface area (Å²) in [6, 6.07) is 8.06. The van der Waals surface area contributed by atoms with Crippen LogP contribution in [0.1, 0.15) is 30.2 Å². The number of hydrogen-bond donors (Lipinski definition) is 2. The minimum Gasteiger partial charge on any atom is -0.434 e. The molecule has 33 heavy (non-hydrogen) atoms. The van der Waals surface area contributed by atoms with Gasteiger partial charge in [0.2, 0.25) is 0 Å². The van der Waals surface area contributed by atoms with Crippen LogP contribution in [0.25, 0.3) is 0 Å². The summed E-state index contributed by atoms with van der Waals surface area (Å²) in [5.41, 5.74) is 2.75. The predicted molar refractivity (Wildman–Crippen MR) is 120 cm³/mol. The molecule has 1 aliphatic rings. The van der Waals surface area contributed by atoms with Crippen LogP contribution < -0.4 is 15.4 Å². The number of aromatic nitrogens is 1. The number of rotatable bonds is 9. The molecular weight excluding hydrogens is 432 g/mol. The Kier molecular flexibility index (Phi) is 8.53. The van der Waals surface area contributed by atoms with Gasteiger partial charge in [-0.25, -0.2) is 4.79 Å². The van der Waals surface area contributed by atoms with E-state index < -0.39 is 12.6 Å². The van der Waals surface area contributed by atoms with Crippen molar-refractivity contribution in [2.45, 2.75) is 46.0 Å². The summed E-state index contributed by atoms with van der Waals surface area (Å²) in [5, 5.41) is 5.45. The van der Waals surface area contributed by atoms with Gasteiger partial charge in [-0.15, -0.1) is 0 Å². The lowest BCUT2D eigenvalue weighted by molar-refractivity contribution is -0.0509. The molecule has 1 aromatic heterocycles. The van der Waals surface area contributed by atoms with Gasteiger partial charge in [0.25, 0.3) is 0 Å². The summed E-state index contributed by atoms with van der Waals surface area (Å²) in [7, 11) is 0. The van der Waals surface area contributed by atoms with Gasteiger partial charge in [0, 0.05) is 50.0 Å². The Morgan fingerprint density at radius 2 is 2.12 bits per heavy atom. The highest BCUT2D eigenvalue weighted by Crippen LogP contribution is 2.25. The largest absolute Gasteiger partial charge is 0.434 e. The molecule has 1 saturated heterocycles. The number of benzene rings is 1. The molecule has 1 radical (unpaired) electrons. The smallest absolute Gasteiger partial charge is 0.387 e. The number of piperazine rings is 1. The third kappa shape index (κ3) is 7.11. The van der Waals surface area contributed by atoms with Crippen LogP contribution in [0.3, 0.4) is 0 Å². The molecule has 2 aromatic rings. The fraction of sp³-hybridized carbons (Fsp3) is 0.435. The summed E-state index contributed by atoms with van der Waals surface area (Å²) in [5.74, 6) is 0.0985. The molecule has 0 bridgehead atoms. The first-order chi connectivity index (χ1) is 15.9. The SMILES string of the molecule is CCC1CN(Cc2cc(CNC(=O)Nc3ccc(C)nc3)ccc2OC(F)F)CCN1[C]=O. The molecule has 177 valence electrons. The van der Waals surface area contributed by atoms with Crippen LogP contribution in [-0.2, 0) is 17.9 Å². The van der Waals surface area contributed by atoms with E-state index in [0.29, 0.717) is 37.4 Å². The second-order valence-corrected chi connectivity index (χ2v) is 7.90. The monoisotopic (exact) mass is 460 g/mol. The number of amides is 3. The Bertz CT molecular complexity index is 942. The molecule has 2 heterocycles. The van der Waals surface area contributed by atoms with E-state index in [1.54, 1.807) is 35.4 Å². The van der Waals surface area contributed by atoms with E-state index in [1.807, 2.05) is 20.3 Å². The van der Waals surface area contributed by atoms with E-state index in [1.165, 1.54) is 6.07 Å². The lowest BCUT2D eigenvalue weighted by Crippen LogP contribution is -2.51. The van der Waals surface area contributed by atoms with Crippen LogP contribution in [0.5, 0.6) is 5.75 Å². The van der Waals surface area contributed by atoms with Gasteiger partial charge in [0.15, 0.2) is 0 Å². The molecule has 1 aliphatic heterocycles. The van der Waals surface area contributed by atoms with Gasteiger partial charge in [0.1, 0.15) is 5.75 Å². The first kappa shape index (κ1) is 24.4. The van der Waals surface area contributed by atoms with Gasteiger partial charge in [0.05, 0.1) is 11.9 Å². The van der Waals surface area contributed by atoms with E-state index >= 15 is 0 Å². The maximum absolute atomic E-state index is 12.9. The number of carbonyl (C=O) groups is 1. The molecule has 10 heteroatoms. The molecule has 1 unspecified atom stereocenters. The first-order valence-electron chi connectivity index (χ1n) is 10.8. The molecule has 0 spiro atoms. The average molecular weight is 461 g/mol. The van der Waals surface area contributed by atoms with Crippen LogP contribution in [0, 0.1) is 6.92 Å². The van der Waals surface area contributed by atoms with Crippen LogP contribution >= 0.6 is 0 Å². The lowest BCUT2D eigenvalue weighted by Gasteiger charge is -2.38. The molecule has 1 atom stereocenters. The van der Waals surface area contributed by atoms with Crippen LogP contribution in [0.2, 0.25) is 0 Å². The average Bonchev–Trinajstić information content (AvgIpc) is 2.80. The number of carbonyl (C=O) groups excluding carboxylic acids is 2. The summed E-state index contributed by atoms with van der Waals surface area (Å²) in [6.07, 6.45) is 4.31. The predicted octanol–water partition coefficient (Wildman–Crippen LogP) is 3.28. The van der Waals surface area contributed by atoms with Crippen LogP contribution in [-0.4, -0.2) is 59.5 Å². The van der Waals surface area contributed by atoms with Crippen molar-refractivity contribution in [2.75, 3.05) is 25.0 Å². The van der Waals surface area contributed by atoms with E-state index in [-0.39, 0.29) is 18.3 Å². The minimum atomic E-state index is -2.94. The summed E-state index contributed by atoms with van der Waals surface area (Å²) in [6.45, 7) is 3.26. The fourth-order valence-corrected chi connectivity index (χ4v) is 3.75. The zero-order valence-electron chi connectivity index (χ0n) is 18.7. The molecule has 0 saturated carbocycles. The fourth-order valence-electron chi connectivity index (χ4n) is 3.75. The molecule has 3 amide bonds. The summed E-state index contributed by atoms with van der Waals surface area (Å²) in [4.78, 5) is 31.2. The zero-order chi connectivity index (χ0) is 23.8. The zero-order valence-corrected chi connectivity index (χ0v) is 18.7. The molecule has 1 aromatic carbocycles. The standard InChI is InChI=1S/C23H28F2N5O3/c1-3-20-14-29(8-9-30(20)15-31)13-18-10-17(5-7-21(18)33-22(24)25)11-27-23(32)28-19-6-4-16(2)26-12-19/h4-7,10,12,20,22H,3,8-9,11,13-14H2,1-2H3,(H2,27,28,32). The van der Waals surface area contributed by atoms with Gasteiger partial charge in [-0.05, 0) is 43.2 Å². The van der Waals surface area contributed by atoms with Gasteiger partial charge >= 0.3 is 19.1 Å². The quantitative estimate of drug-likeness (QED) is 0.600. The van der Waals surface area contributed by atoms with Gasteiger partial charge in [-0.3, -0.25) is 14.7 Å². The number of anilines is 1. The molecule has 1 fully saturated rings. The number of hydrogen-bond acceptors (Lipinski definition) is 5. The number of urea groups is 1. The second kappa shape index (κ2) is 11.6. The van der Waals surface area contributed by atoms with Crippen LogP contribution in [0.15, 0.2) is 36.5 Å². The topological polar surface area (TPSA) is 86.8 Å². The van der Waals surface area contributed by atoms with Crippen molar-refractivity contribution in [3.63, 3.8) is 0 Å². The third-order valence-electron chi connectivity index (χ3n) is 5.51. The number of alkyl halides is 2. The molecule has 0 aliphatic carbocycles. The van der Waals surface area contributed by atoms with Gasteiger partial charge in [-0.2, -0.15) is 8.78 Å². The Balaban J connectivity index is 1.65. The van der Waals surface area contributed by atoms with Crippen LogP contribution in [0.4, 0.5) is 19.3 Å². The highest BCUT2D eigenvalue weighted by molar-refractivity contribution is 5.88. The number of aryl methyl sites for hydroxylation is 1. The van der Waals surface area contributed by atoms with E-state index in [0.717, 1.165) is 17.7 Å². The Morgan fingerprint density at radius 3 is 2.79 bits per heavy atom. The second-order valence-electron chi connectivity index (χ2n) is 7.90. The van der Waals surface area contributed by atoms with Crippen molar-refractivity contribution in [1.29, 1.82) is 0 Å². The van der Waals surface area contributed by atoms with Crippen molar-refractivity contribution >= 4 is 18.1 Å². The Labute approximate surface area is 191 Å². The maximum atomic E-state index is 12.9. The normalized spacial score (nSPS) is 16.5. The molecule has 2 N–H and O–H groups in total. The number of pyridine rings is 1. The Morgan fingerprint density at radius 1 is 1.30 bits per heavy atom. The third-order valence-corrected chi connectivity index (χ3v) is 5.51. The van der Waals surface area contributed by atoms with Crippen molar-refractivity contribution < 1.29 is 23.1 Å². The van der Waals surface area contributed by atoms with Gasteiger partial charge < -0.3 is 20.3 Å². The Hall–Kier alpha value is -3.27. The first-order valence-corrected chi connectivity index (χ1v) is 10.8. The highest BCUT2D eigenvalue weighted by Gasteiger charge is 2.26. The van der Waals surface area contributed by atoms with Crippen molar-refractivity contribution in [3.8, 4) is 5.75 Å². The number of halogens is 2. The summed E-state index contributed by atoms with van der Waals surface area (Å²) < 4.78 is 30.6. The number of nitrogens with zero attached hydrogens (tertiary/aromatic N) is 3. The van der Waals surface area contributed by atoms with E-state index in [9.17, 15) is 18.4 Å². The molecule has 3 rings (SSSR count). The van der Waals surface area contributed by atoms with Gasteiger partial charge in [-0.1, -0.05) is 13.0 Å². The van der Waals surface area contributed by atoms with E-state index in [4.69, 9.17) is 4.74 Å². The summed E-state index contributed by atoms with van der Waals surface area (Å²) >= 11 is 0. The van der Waals surface area contributed by atoms with E-state index in [2.05, 4.69) is 20.5 Å². The molecule has 8 nitrogen and oxygen atoms in total. The maximum Gasteiger partial charge on any atom is 0.387 e. The van der Waals surface area contributed by atoms with Crippen molar-refractivity contribution in [2.24, 2.45) is 0 Å². The van der Waals surface area contributed by atoms with Crippen molar-refractivity contribution in [1.82, 2.24) is 20.1 Å². The number of ether oxygens (including phenoxy) is 1.